The van der Waals surface area contributed by atoms with Gasteiger partial charge in [-0.3, -0.25) is 9.48 Å². The molecule has 1 amide bonds. The molecule has 0 radical (unpaired) electrons. The molecule has 4 rings (SSSR count). The van der Waals surface area contributed by atoms with E-state index in [9.17, 15) is 18.0 Å². The molecule has 9 heteroatoms. The first-order chi connectivity index (χ1) is 13.9. The van der Waals surface area contributed by atoms with Crippen LogP contribution in [0, 0.1) is 0 Å². The van der Waals surface area contributed by atoms with Crippen LogP contribution in [0.3, 0.4) is 0 Å². The molecule has 0 saturated carbocycles. The molecule has 1 N–H and O–H groups in total. The molecule has 2 heterocycles. The second kappa shape index (κ2) is 7.62. The minimum atomic E-state index is -3.06. The summed E-state index contributed by atoms with van der Waals surface area (Å²) in [5, 5.41) is 7.33. The van der Waals surface area contributed by atoms with E-state index in [1.807, 2.05) is 0 Å². The third-order valence-electron chi connectivity index (χ3n) is 5.56. The Bertz CT molecular complexity index is 1070. The van der Waals surface area contributed by atoms with Crippen LogP contribution in [0.5, 0.6) is 0 Å². The Kier molecular flexibility index (Phi) is 5.16. The molecule has 1 aromatic heterocycles. The fourth-order valence-electron chi connectivity index (χ4n) is 4.14. The number of aromatic nitrogens is 2. The van der Waals surface area contributed by atoms with Gasteiger partial charge in [-0.1, -0.05) is 12.1 Å². The van der Waals surface area contributed by atoms with Gasteiger partial charge in [0.25, 0.3) is 5.91 Å². The zero-order chi connectivity index (χ0) is 20.6. The number of benzene rings is 1. The van der Waals surface area contributed by atoms with Crippen molar-refractivity contribution in [3.63, 3.8) is 0 Å². The van der Waals surface area contributed by atoms with Crippen molar-refractivity contribution in [3.8, 4) is 0 Å². The topological polar surface area (TPSA) is 107 Å². The number of rotatable bonds is 4. The molecule has 29 heavy (non-hydrogen) atoms. The summed E-state index contributed by atoms with van der Waals surface area (Å²) in [6.07, 6.45) is 3.98. The number of carbonyl (C=O) groups is 2. The zero-order valence-corrected chi connectivity index (χ0v) is 17.0. The number of carbonyl (C=O) groups excluding carboxylic acids is 2. The van der Waals surface area contributed by atoms with Crippen LogP contribution in [0.15, 0.2) is 24.3 Å². The Hall–Kier alpha value is -2.68. The highest BCUT2D eigenvalue weighted by Gasteiger charge is 2.34. The van der Waals surface area contributed by atoms with Gasteiger partial charge in [-0.15, -0.1) is 0 Å². The summed E-state index contributed by atoms with van der Waals surface area (Å²) in [6.45, 7) is 0. The van der Waals surface area contributed by atoms with Crippen LogP contribution < -0.4 is 5.32 Å². The molecule has 1 atom stereocenters. The second-order valence-electron chi connectivity index (χ2n) is 7.47. The molecule has 1 fully saturated rings. The number of amides is 1. The molecular weight excluding hydrogens is 394 g/mol. The molecule has 2 aliphatic rings. The van der Waals surface area contributed by atoms with Crippen LogP contribution in [-0.2, 0) is 27.4 Å². The molecule has 154 valence electrons. The minimum Gasteiger partial charge on any atom is -0.465 e. The van der Waals surface area contributed by atoms with Gasteiger partial charge in [0.2, 0.25) is 0 Å². The van der Waals surface area contributed by atoms with E-state index >= 15 is 0 Å². The van der Waals surface area contributed by atoms with Gasteiger partial charge in [0.15, 0.2) is 15.5 Å². The number of para-hydroxylation sites is 1. The zero-order valence-electron chi connectivity index (χ0n) is 16.2. The smallest absolute Gasteiger partial charge is 0.339 e. The number of hydrogen-bond acceptors (Lipinski definition) is 6. The molecule has 0 spiro atoms. The molecule has 1 unspecified atom stereocenters. The number of hydrogen-bond donors (Lipinski definition) is 1. The van der Waals surface area contributed by atoms with Gasteiger partial charge in [-0.25, -0.2) is 13.2 Å². The minimum absolute atomic E-state index is 0.0629. The average Bonchev–Trinajstić information content (AvgIpc) is 3.28. The molecule has 1 aliphatic carbocycles. The number of nitrogens with one attached hydrogen (secondary N) is 1. The molecule has 1 aromatic carbocycles. The monoisotopic (exact) mass is 417 g/mol. The van der Waals surface area contributed by atoms with Crippen molar-refractivity contribution < 1.29 is 22.7 Å². The van der Waals surface area contributed by atoms with Crippen molar-refractivity contribution in [2.75, 3.05) is 23.9 Å². The summed E-state index contributed by atoms with van der Waals surface area (Å²) in [6, 6.07) is 6.41. The lowest BCUT2D eigenvalue weighted by Crippen LogP contribution is -2.18. The van der Waals surface area contributed by atoms with Crippen molar-refractivity contribution >= 4 is 27.4 Å². The number of nitrogens with zero attached hydrogens (tertiary/aromatic N) is 2. The van der Waals surface area contributed by atoms with E-state index in [1.165, 1.54) is 7.11 Å². The number of anilines is 1. The maximum absolute atomic E-state index is 13.0. The van der Waals surface area contributed by atoms with E-state index in [4.69, 9.17) is 4.74 Å². The van der Waals surface area contributed by atoms with Crippen LogP contribution in [0.1, 0.15) is 57.4 Å². The van der Waals surface area contributed by atoms with Gasteiger partial charge >= 0.3 is 5.97 Å². The molecule has 1 saturated heterocycles. The standard InChI is InChI=1S/C20H23N3O5S/c1-28-20(25)14-6-2-4-8-16(14)21-19(24)18-15-7-3-5-9-17(15)23(22-18)13-10-11-29(26,27)12-13/h2,4,6,8,13H,3,5,7,9-12H2,1H3,(H,21,24). The SMILES string of the molecule is COC(=O)c1ccccc1NC(=O)c1nn(C2CCS(=O)(=O)C2)c2c1CCCC2. The Morgan fingerprint density at radius 3 is 2.69 bits per heavy atom. The van der Waals surface area contributed by atoms with Gasteiger partial charge in [-0.05, 0) is 44.2 Å². The van der Waals surface area contributed by atoms with Gasteiger partial charge in [0.1, 0.15) is 0 Å². The highest BCUT2D eigenvalue weighted by molar-refractivity contribution is 7.91. The summed E-state index contributed by atoms with van der Waals surface area (Å²) in [4.78, 5) is 25.0. The predicted octanol–water partition coefficient (Wildman–Crippen LogP) is 2.16. The number of esters is 1. The van der Waals surface area contributed by atoms with Crippen LogP contribution in [0.2, 0.25) is 0 Å². The number of fused-ring (bicyclic) bond motifs is 1. The summed E-state index contributed by atoms with van der Waals surface area (Å²) in [5.41, 5.74) is 2.77. The van der Waals surface area contributed by atoms with Crippen LogP contribution in [0.4, 0.5) is 5.69 Å². The molecule has 2 aromatic rings. The van der Waals surface area contributed by atoms with Crippen molar-refractivity contribution in [2.45, 2.75) is 38.1 Å². The first-order valence-corrected chi connectivity index (χ1v) is 11.5. The largest absolute Gasteiger partial charge is 0.465 e. The van der Waals surface area contributed by atoms with Gasteiger partial charge in [-0.2, -0.15) is 5.10 Å². The van der Waals surface area contributed by atoms with Crippen LogP contribution >= 0.6 is 0 Å². The Morgan fingerprint density at radius 2 is 1.97 bits per heavy atom. The fourth-order valence-corrected chi connectivity index (χ4v) is 5.83. The van der Waals surface area contributed by atoms with Crippen molar-refractivity contribution in [2.24, 2.45) is 0 Å². The van der Waals surface area contributed by atoms with Crippen LogP contribution in [-0.4, -0.2) is 48.7 Å². The predicted molar refractivity (Wildman–Crippen MR) is 107 cm³/mol. The maximum Gasteiger partial charge on any atom is 0.339 e. The van der Waals surface area contributed by atoms with Gasteiger partial charge in [0, 0.05) is 11.3 Å². The number of sulfone groups is 1. The Morgan fingerprint density at radius 1 is 1.21 bits per heavy atom. The average molecular weight is 417 g/mol. The third-order valence-corrected chi connectivity index (χ3v) is 7.31. The summed E-state index contributed by atoms with van der Waals surface area (Å²) >= 11 is 0. The number of ether oxygens (including phenoxy) is 1. The maximum atomic E-state index is 13.0. The lowest BCUT2D eigenvalue weighted by molar-refractivity contribution is 0.0602. The van der Waals surface area contributed by atoms with Crippen LogP contribution in [0.25, 0.3) is 0 Å². The lowest BCUT2D eigenvalue weighted by atomic mass is 9.95. The third kappa shape index (κ3) is 3.78. The highest BCUT2D eigenvalue weighted by atomic mass is 32.2. The van der Waals surface area contributed by atoms with E-state index in [0.717, 1.165) is 36.9 Å². The van der Waals surface area contributed by atoms with E-state index < -0.39 is 21.7 Å². The Balaban J connectivity index is 1.67. The summed E-state index contributed by atoms with van der Waals surface area (Å²) < 4.78 is 30.4. The first kappa shape index (κ1) is 19.6. The summed E-state index contributed by atoms with van der Waals surface area (Å²) in [7, 11) is -1.77. The molecule has 1 aliphatic heterocycles. The summed E-state index contributed by atoms with van der Waals surface area (Å²) in [5.74, 6) is -0.725. The Labute approximate surface area is 169 Å². The first-order valence-electron chi connectivity index (χ1n) is 9.69. The molecule has 8 nitrogen and oxygen atoms in total. The van der Waals surface area contributed by atoms with Crippen molar-refractivity contribution in [1.29, 1.82) is 0 Å². The lowest BCUT2D eigenvalue weighted by Gasteiger charge is -2.17. The van der Waals surface area contributed by atoms with E-state index in [-0.39, 0.29) is 23.1 Å². The van der Waals surface area contributed by atoms with E-state index in [1.54, 1.807) is 28.9 Å². The quantitative estimate of drug-likeness (QED) is 0.764. The van der Waals surface area contributed by atoms with Gasteiger partial charge in [0.05, 0.1) is 35.9 Å². The number of methoxy groups -OCH3 is 1. The van der Waals surface area contributed by atoms with E-state index in [0.29, 0.717) is 17.8 Å². The van der Waals surface area contributed by atoms with Gasteiger partial charge < -0.3 is 10.1 Å². The van der Waals surface area contributed by atoms with Crippen molar-refractivity contribution in [1.82, 2.24) is 9.78 Å². The normalized spacial score (nSPS) is 20.1. The fraction of sp³-hybridized carbons (Fsp3) is 0.450. The van der Waals surface area contributed by atoms with Crippen molar-refractivity contribution in [3.05, 3.63) is 46.8 Å². The molecule has 0 bridgehead atoms. The molecular formula is C20H23N3O5S. The highest BCUT2D eigenvalue weighted by Crippen LogP contribution is 2.31. The second-order valence-corrected chi connectivity index (χ2v) is 9.70. The van der Waals surface area contributed by atoms with E-state index in [2.05, 4.69) is 10.4 Å².